The smallest absolute Gasteiger partial charge is 0.490 e. The molecule has 2 saturated heterocycles. The number of carboxylic acids is 1. The first-order chi connectivity index (χ1) is 18.0. The van der Waals surface area contributed by atoms with Gasteiger partial charge in [0.25, 0.3) is 5.91 Å². The van der Waals surface area contributed by atoms with E-state index in [0.717, 1.165) is 31.8 Å². The first-order valence-corrected chi connectivity index (χ1v) is 12.6. The Balaban J connectivity index is 0.000000638. The van der Waals surface area contributed by atoms with Crippen LogP contribution in [0.1, 0.15) is 43.0 Å². The van der Waals surface area contributed by atoms with E-state index in [1.807, 2.05) is 16.7 Å². The maximum absolute atomic E-state index is 13.2. The number of aliphatic carboxylic acids is 1. The Morgan fingerprint density at radius 2 is 1.71 bits per heavy atom. The van der Waals surface area contributed by atoms with E-state index >= 15 is 0 Å². The summed E-state index contributed by atoms with van der Waals surface area (Å²) in [7, 11) is 0. The third-order valence-electron chi connectivity index (χ3n) is 6.03. The molecule has 0 aromatic heterocycles. The molecule has 0 spiro atoms. The zero-order valence-corrected chi connectivity index (χ0v) is 21.5. The molecule has 1 aromatic carbocycles. The van der Waals surface area contributed by atoms with Crippen molar-refractivity contribution >= 4 is 23.7 Å². The fourth-order valence-electron chi connectivity index (χ4n) is 4.05. The normalized spacial score (nSPS) is 15.5. The van der Waals surface area contributed by atoms with E-state index in [-0.39, 0.29) is 17.7 Å². The number of likely N-dealkylation sites (tertiary alicyclic amines) is 1. The summed E-state index contributed by atoms with van der Waals surface area (Å²) in [4.78, 5) is 52.0. The van der Waals surface area contributed by atoms with Gasteiger partial charge in [0, 0.05) is 70.8 Å². The Bertz CT molecular complexity index is 936. The lowest BCUT2D eigenvalue weighted by Crippen LogP contribution is -2.47. The number of hydrogen-bond donors (Lipinski definition) is 2. The highest BCUT2D eigenvalue weighted by Gasteiger charge is 2.38. The first kappa shape index (κ1) is 30.9. The molecule has 38 heavy (non-hydrogen) atoms. The van der Waals surface area contributed by atoms with Crippen molar-refractivity contribution in [3.05, 3.63) is 29.8 Å². The number of piperazine rings is 1. The lowest BCUT2D eigenvalue weighted by atomic mass is 10.1. The predicted octanol–water partition coefficient (Wildman–Crippen LogP) is 2.00. The van der Waals surface area contributed by atoms with Crippen molar-refractivity contribution < 1.29 is 42.2 Å². The monoisotopic (exact) mass is 544 g/mol. The number of halogens is 3. The van der Waals surface area contributed by atoms with E-state index in [0.29, 0.717) is 64.2 Å². The number of hydrogen-bond acceptors (Lipinski definition) is 6. The molecule has 2 fully saturated rings. The van der Waals surface area contributed by atoms with E-state index in [4.69, 9.17) is 14.6 Å². The minimum absolute atomic E-state index is 0.0840. The Morgan fingerprint density at radius 1 is 1.08 bits per heavy atom. The second-order valence-corrected chi connectivity index (χ2v) is 8.77. The molecule has 2 aliphatic heterocycles. The van der Waals surface area contributed by atoms with Crippen molar-refractivity contribution in [1.82, 2.24) is 20.0 Å². The van der Waals surface area contributed by atoms with Gasteiger partial charge in [-0.15, -0.1) is 0 Å². The summed E-state index contributed by atoms with van der Waals surface area (Å²) in [6.45, 7) is 7.88. The van der Waals surface area contributed by atoms with Crippen LogP contribution in [0.3, 0.4) is 0 Å². The van der Waals surface area contributed by atoms with Gasteiger partial charge in [-0.25, -0.2) is 4.79 Å². The van der Waals surface area contributed by atoms with Crippen LogP contribution in [-0.2, 0) is 14.4 Å². The minimum atomic E-state index is -5.08. The van der Waals surface area contributed by atoms with Crippen LogP contribution in [0.4, 0.5) is 13.2 Å². The van der Waals surface area contributed by atoms with Gasteiger partial charge in [0.05, 0.1) is 6.61 Å². The second kappa shape index (κ2) is 15.2. The molecule has 2 N–H and O–H groups in total. The highest BCUT2D eigenvalue weighted by molar-refractivity contribution is 5.94. The van der Waals surface area contributed by atoms with Gasteiger partial charge < -0.3 is 29.9 Å². The average Bonchev–Trinajstić information content (AvgIpc) is 3.31. The SMILES string of the molecule is CCOc1ccc(C(=O)N(CCCN2CCCC2=O)CCC(=O)N2CCNCC2)cc1.O=C(O)C(F)(F)F. The van der Waals surface area contributed by atoms with Crippen LogP contribution >= 0.6 is 0 Å². The van der Waals surface area contributed by atoms with Crippen molar-refractivity contribution in [2.45, 2.75) is 38.8 Å². The molecule has 1 aromatic rings. The molecule has 0 unspecified atom stereocenters. The van der Waals surface area contributed by atoms with E-state index in [1.165, 1.54) is 0 Å². The number of carbonyl (C=O) groups excluding carboxylic acids is 3. The number of alkyl halides is 3. The molecular weight excluding hydrogens is 509 g/mol. The Kier molecular flexibility index (Phi) is 12.3. The van der Waals surface area contributed by atoms with Crippen molar-refractivity contribution in [3.63, 3.8) is 0 Å². The molecule has 0 aliphatic carbocycles. The number of amides is 3. The number of nitrogens with zero attached hydrogens (tertiary/aromatic N) is 3. The largest absolute Gasteiger partial charge is 0.494 e. The van der Waals surface area contributed by atoms with Gasteiger partial charge in [-0.1, -0.05) is 0 Å². The number of nitrogens with one attached hydrogen (secondary N) is 1. The Hall–Kier alpha value is -3.35. The molecule has 0 bridgehead atoms. The summed E-state index contributed by atoms with van der Waals surface area (Å²) in [5.74, 6) is -1.84. The van der Waals surface area contributed by atoms with Gasteiger partial charge in [-0.2, -0.15) is 13.2 Å². The first-order valence-electron chi connectivity index (χ1n) is 12.6. The van der Waals surface area contributed by atoms with Crippen LogP contribution in [0.25, 0.3) is 0 Å². The van der Waals surface area contributed by atoms with E-state index < -0.39 is 12.1 Å². The van der Waals surface area contributed by atoms with Crippen LogP contribution in [0, 0.1) is 0 Å². The van der Waals surface area contributed by atoms with Crippen LogP contribution in [0.5, 0.6) is 5.75 Å². The maximum Gasteiger partial charge on any atom is 0.490 e. The van der Waals surface area contributed by atoms with Crippen LogP contribution in [0.2, 0.25) is 0 Å². The number of ether oxygens (including phenoxy) is 1. The molecule has 2 heterocycles. The summed E-state index contributed by atoms with van der Waals surface area (Å²) in [5, 5.41) is 10.4. The van der Waals surface area contributed by atoms with E-state index in [1.54, 1.807) is 29.2 Å². The predicted molar refractivity (Wildman–Crippen MR) is 132 cm³/mol. The Morgan fingerprint density at radius 3 is 2.24 bits per heavy atom. The summed E-state index contributed by atoms with van der Waals surface area (Å²) < 4.78 is 37.2. The summed E-state index contributed by atoms with van der Waals surface area (Å²) in [6, 6.07) is 7.12. The molecule has 3 rings (SSSR count). The highest BCUT2D eigenvalue weighted by atomic mass is 19.4. The fourth-order valence-corrected chi connectivity index (χ4v) is 4.05. The van der Waals surface area contributed by atoms with Crippen molar-refractivity contribution in [3.8, 4) is 5.75 Å². The van der Waals surface area contributed by atoms with Crippen molar-refractivity contribution in [2.75, 3.05) is 59.0 Å². The summed E-state index contributed by atoms with van der Waals surface area (Å²) in [6.07, 6.45) is -2.54. The van der Waals surface area contributed by atoms with E-state index in [2.05, 4.69) is 5.32 Å². The molecular formula is C25H35F3N4O6. The summed E-state index contributed by atoms with van der Waals surface area (Å²) in [5.41, 5.74) is 0.579. The lowest BCUT2D eigenvalue weighted by Gasteiger charge is -2.29. The Labute approximate surface area is 219 Å². The third-order valence-corrected chi connectivity index (χ3v) is 6.03. The van der Waals surface area contributed by atoms with E-state index in [9.17, 15) is 27.6 Å². The molecule has 0 saturated carbocycles. The van der Waals surface area contributed by atoms with Gasteiger partial charge in [0.1, 0.15) is 5.75 Å². The second-order valence-electron chi connectivity index (χ2n) is 8.77. The molecule has 13 heteroatoms. The molecule has 212 valence electrons. The number of rotatable bonds is 10. The third kappa shape index (κ3) is 10.2. The molecule has 0 radical (unpaired) electrons. The van der Waals surface area contributed by atoms with Gasteiger partial charge in [0.15, 0.2) is 0 Å². The number of carboxylic acid groups (broad SMARTS) is 1. The van der Waals surface area contributed by atoms with Crippen molar-refractivity contribution in [2.24, 2.45) is 0 Å². The quantitative estimate of drug-likeness (QED) is 0.463. The number of carbonyl (C=O) groups is 4. The number of benzene rings is 1. The summed E-state index contributed by atoms with van der Waals surface area (Å²) >= 11 is 0. The minimum Gasteiger partial charge on any atom is -0.494 e. The average molecular weight is 545 g/mol. The van der Waals surface area contributed by atoms with Crippen LogP contribution in [-0.4, -0.2) is 109 Å². The molecule has 2 aliphatic rings. The van der Waals surface area contributed by atoms with Crippen LogP contribution < -0.4 is 10.1 Å². The maximum atomic E-state index is 13.2. The molecule has 10 nitrogen and oxygen atoms in total. The standard InChI is InChI=1S/C23H34N4O4.C2HF3O2/c1-2-31-20-8-6-19(7-9-20)23(30)27(15-4-14-25-13-3-5-21(25)28)16-10-22(29)26-17-11-24-12-18-26;3-2(4,5)1(6)7/h6-9,24H,2-5,10-18H2,1H3;(H,6,7). The molecule has 0 atom stereocenters. The molecule has 3 amide bonds. The topological polar surface area (TPSA) is 119 Å². The van der Waals surface area contributed by atoms with Gasteiger partial charge >= 0.3 is 12.1 Å². The van der Waals surface area contributed by atoms with Crippen LogP contribution in [0.15, 0.2) is 24.3 Å². The zero-order valence-electron chi connectivity index (χ0n) is 21.5. The van der Waals surface area contributed by atoms with Gasteiger partial charge in [0.2, 0.25) is 11.8 Å². The van der Waals surface area contributed by atoms with Gasteiger partial charge in [-0.3, -0.25) is 14.4 Å². The van der Waals surface area contributed by atoms with Crippen molar-refractivity contribution in [1.29, 1.82) is 0 Å². The fraction of sp³-hybridized carbons (Fsp3) is 0.600. The highest BCUT2D eigenvalue weighted by Crippen LogP contribution is 2.16. The lowest BCUT2D eigenvalue weighted by molar-refractivity contribution is -0.192. The van der Waals surface area contributed by atoms with Gasteiger partial charge in [-0.05, 0) is 44.0 Å². The zero-order chi connectivity index (χ0) is 28.1.